The van der Waals surface area contributed by atoms with Gasteiger partial charge in [0.15, 0.2) is 0 Å². The molecule has 0 amide bonds. The number of ketones is 1. The van der Waals surface area contributed by atoms with E-state index in [9.17, 15) is 23.3 Å². The molecule has 4 rings (SSSR count). The summed E-state index contributed by atoms with van der Waals surface area (Å²) in [5.74, 6) is -0.385. The largest absolute Gasteiger partial charge is 0.287 e. The number of aryl methyl sites for hydroxylation is 1. The molecule has 0 aromatic heterocycles. The zero-order valence-electron chi connectivity index (χ0n) is 14.5. The first kappa shape index (κ1) is 17.8. The molecule has 140 valence electrons. The van der Waals surface area contributed by atoms with E-state index in [2.05, 4.69) is 5.10 Å². The Balaban J connectivity index is 1.74. The lowest BCUT2D eigenvalue weighted by Crippen LogP contribution is -2.22. The first-order valence-electron chi connectivity index (χ1n) is 8.21. The van der Waals surface area contributed by atoms with Gasteiger partial charge in [-0.05, 0) is 18.4 Å². The Morgan fingerprint density at radius 1 is 1.04 bits per heavy atom. The molecule has 3 aromatic carbocycles. The molecule has 0 atom stereocenters. The highest BCUT2D eigenvalue weighted by Gasteiger charge is 2.29. The second kappa shape index (κ2) is 6.24. The highest BCUT2D eigenvalue weighted by atomic mass is 32.2. The van der Waals surface area contributed by atoms with Crippen molar-refractivity contribution >= 4 is 38.0 Å². The van der Waals surface area contributed by atoms with Gasteiger partial charge in [-0.15, -0.1) is 0 Å². The van der Waals surface area contributed by atoms with E-state index in [1.807, 2.05) is 17.0 Å². The molecular weight excluding hydrogens is 382 g/mol. The maximum Gasteiger partial charge on any atom is 0.276 e. The van der Waals surface area contributed by atoms with Crippen molar-refractivity contribution in [1.29, 1.82) is 0 Å². The topological polar surface area (TPSA) is 119 Å². The molecule has 1 N–H and O–H groups in total. The molecule has 0 bridgehead atoms. The Hall–Kier alpha value is -3.59. The Kier molecular flexibility index (Phi) is 3.97. The number of hydrogen-bond donors (Lipinski definition) is 1. The Morgan fingerprint density at radius 3 is 2.39 bits per heavy atom. The minimum atomic E-state index is -4.19. The second-order valence-electron chi connectivity index (χ2n) is 6.30. The number of hydrazone groups is 1. The lowest BCUT2D eigenvalue weighted by Gasteiger charge is -2.06. The van der Waals surface area contributed by atoms with Crippen LogP contribution in [0.25, 0.3) is 10.8 Å². The number of Topliss-reactive ketones (excluding diaryl/α,β-unsaturated/α-hetero) is 1. The number of nitro groups is 1. The third kappa shape index (κ3) is 2.72. The monoisotopic (exact) mass is 395 g/mol. The summed E-state index contributed by atoms with van der Waals surface area (Å²) in [6, 6.07) is 14.1. The van der Waals surface area contributed by atoms with E-state index in [-0.39, 0.29) is 22.1 Å². The molecule has 0 spiro atoms. The lowest BCUT2D eigenvalue weighted by atomic mass is 10.1. The standard InChI is InChI=1S/C19H13N3O5S/c1-11-8-9-13(10-16(11)22(24)25)28(26,27)21-20-18-14-6-2-4-12-5-3-7-15(17(12)14)19(18)23/h2-10,21H,1H3/b20-18+. The molecule has 9 heteroatoms. The Morgan fingerprint density at radius 2 is 1.71 bits per heavy atom. The van der Waals surface area contributed by atoms with E-state index < -0.39 is 14.9 Å². The summed E-state index contributed by atoms with van der Waals surface area (Å²) in [5.41, 5.74) is 0.998. The van der Waals surface area contributed by atoms with Crippen molar-refractivity contribution in [2.24, 2.45) is 5.10 Å². The Bertz CT molecular complexity index is 1310. The molecule has 0 aliphatic heterocycles. The number of sulfonamides is 1. The highest BCUT2D eigenvalue weighted by Crippen LogP contribution is 2.31. The van der Waals surface area contributed by atoms with E-state index >= 15 is 0 Å². The predicted octanol–water partition coefficient (Wildman–Crippen LogP) is 2.94. The number of nitrogens with one attached hydrogen (secondary N) is 1. The summed E-state index contributed by atoms with van der Waals surface area (Å²) in [6.45, 7) is 1.51. The lowest BCUT2D eigenvalue weighted by molar-refractivity contribution is -0.385. The fourth-order valence-corrected chi connectivity index (χ4v) is 4.03. The van der Waals surface area contributed by atoms with Crippen molar-refractivity contribution < 1.29 is 18.1 Å². The Labute approximate surface area is 159 Å². The van der Waals surface area contributed by atoms with Gasteiger partial charge in [-0.1, -0.05) is 42.5 Å². The van der Waals surface area contributed by atoms with Gasteiger partial charge >= 0.3 is 0 Å². The molecule has 0 heterocycles. The van der Waals surface area contributed by atoms with Crippen LogP contribution in [-0.2, 0) is 10.0 Å². The van der Waals surface area contributed by atoms with Crippen LogP contribution < -0.4 is 4.83 Å². The van der Waals surface area contributed by atoms with Crippen LogP contribution in [-0.4, -0.2) is 24.8 Å². The first-order chi connectivity index (χ1) is 13.3. The van der Waals surface area contributed by atoms with E-state index in [1.165, 1.54) is 19.1 Å². The van der Waals surface area contributed by atoms with E-state index in [0.717, 1.165) is 16.8 Å². The molecule has 0 saturated carbocycles. The van der Waals surface area contributed by atoms with Crippen LogP contribution in [0.5, 0.6) is 0 Å². The summed E-state index contributed by atoms with van der Waals surface area (Å²) < 4.78 is 25.1. The molecular formula is C19H13N3O5S. The molecule has 3 aromatic rings. The number of nitro benzene ring substituents is 1. The van der Waals surface area contributed by atoms with Crippen molar-refractivity contribution in [1.82, 2.24) is 4.83 Å². The third-order valence-electron chi connectivity index (χ3n) is 4.58. The van der Waals surface area contributed by atoms with Crippen LogP contribution in [0, 0.1) is 17.0 Å². The van der Waals surface area contributed by atoms with Crippen LogP contribution in [0.1, 0.15) is 21.5 Å². The summed E-state index contributed by atoms with van der Waals surface area (Å²) in [7, 11) is -4.19. The quantitative estimate of drug-likeness (QED) is 0.538. The molecule has 0 fully saturated rings. The van der Waals surface area contributed by atoms with Crippen molar-refractivity contribution in [3.63, 3.8) is 0 Å². The number of rotatable bonds is 4. The van der Waals surface area contributed by atoms with Gasteiger partial charge in [0.2, 0.25) is 5.78 Å². The van der Waals surface area contributed by atoms with Gasteiger partial charge in [-0.25, -0.2) is 0 Å². The van der Waals surface area contributed by atoms with Gasteiger partial charge < -0.3 is 0 Å². The smallest absolute Gasteiger partial charge is 0.276 e. The SMILES string of the molecule is Cc1ccc(S(=O)(=O)N/N=C2/C(=O)c3cccc4cccc2c34)cc1[N+](=O)[O-]. The number of hydrogen-bond acceptors (Lipinski definition) is 6. The number of benzene rings is 3. The summed E-state index contributed by atoms with van der Waals surface area (Å²) in [6.07, 6.45) is 0. The number of carbonyl (C=O) groups excluding carboxylic acids is 1. The van der Waals surface area contributed by atoms with Gasteiger partial charge in [-0.3, -0.25) is 14.9 Å². The molecule has 28 heavy (non-hydrogen) atoms. The predicted molar refractivity (Wildman–Crippen MR) is 103 cm³/mol. The van der Waals surface area contributed by atoms with Gasteiger partial charge in [-0.2, -0.15) is 18.4 Å². The van der Waals surface area contributed by atoms with Crippen LogP contribution in [0.15, 0.2) is 64.6 Å². The van der Waals surface area contributed by atoms with Gasteiger partial charge in [0, 0.05) is 28.1 Å². The van der Waals surface area contributed by atoms with Crippen molar-refractivity contribution in [3.05, 3.63) is 81.4 Å². The zero-order chi connectivity index (χ0) is 20.1. The highest BCUT2D eigenvalue weighted by molar-refractivity contribution is 7.89. The third-order valence-corrected chi connectivity index (χ3v) is 5.79. The van der Waals surface area contributed by atoms with Crippen LogP contribution >= 0.6 is 0 Å². The maximum atomic E-state index is 12.7. The van der Waals surface area contributed by atoms with E-state index in [4.69, 9.17) is 0 Å². The summed E-state index contributed by atoms with van der Waals surface area (Å²) in [4.78, 5) is 24.8. The fourth-order valence-electron chi connectivity index (χ4n) is 3.20. The van der Waals surface area contributed by atoms with Crippen molar-refractivity contribution in [3.8, 4) is 0 Å². The first-order valence-corrected chi connectivity index (χ1v) is 9.69. The van der Waals surface area contributed by atoms with Crippen LogP contribution in [0.4, 0.5) is 5.69 Å². The minimum Gasteiger partial charge on any atom is -0.287 e. The van der Waals surface area contributed by atoms with E-state index in [0.29, 0.717) is 16.7 Å². The van der Waals surface area contributed by atoms with E-state index in [1.54, 1.807) is 24.3 Å². The van der Waals surface area contributed by atoms with Crippen LogP contribution in [0.2, 0.25) is 0 Å². The average Bonchev–Trinajstić information content (AvgIpc) is 2.94. The fraction of sp³-hybridized carbons (Fsp3) is 0.0526. The number of nitrogens with zero attached hydrogens (tertiary/aromatic N) is 2. The molecule has 0 saturated heterocycles. The zero-order valence-corrected chi connectivity index (χ0v) is 15.4. The van der Waals surface area contributed by atoms with Gasteiger partial charge in [0.25, 0.3) is 15.7 Å². The van der Waals surface area contributed by atoms with Crippen molar-refractivity contribution in [2.45, 2.75) is 11.8 Å². The second-order valence-corrected chi connectivity index (χ2v) is 7.96. The molecule has 0 unspecified atom stereocenters. The molecule has 0 radical (unpaired) electrons. The average molecular weight is 395 g/mol. The number of carbonyl (C=O) groups is 1. The van der Waals surface area contributed by atoms with Crippen molar-refractivity contribution in [2.75, 3.05) is 0 Å². The minimum absolute atomic E-state index is 0.0167. The van der Waals surface area contributed by atoms with Gasteiger partial charge in [0.1, 0.15) is 5.71 Å². The molecule has 1 aliphatic rings. The summed E-state index contributed by atoms with van der Waals surface area (Å²) in [5, 5.41) is 16.5. The van der Waals surface area contributed by atoms with Crippen LogP contribution in [0.3, 0.4) is 0 Å². The van der Waals surface area contributed by atoms with Gasteiger partial charge in [0.05, 0.1) is 9.82 Å². The molecule has 8 nitrogen and oxygen atoms in total. The summed E-state index contributed by atoms with van der Waals surface area (Å²) >= 11 is 0. The molecule has 1 aliphatic carbocycles. The normalized spacial score (nSPS) is 14.6. The maximum absolute atomic E-state index is 12.7.